The molecule has 0 aliphatic carbocycles. The summed E-state index contributed by atoms with van der Waals surface area (Å²) in [5.41, 5.74) is 12.6. The lowest BCUT2D eigenvalue weighted by molar-refractivity contribution is 0.404. The van der Waals surface area contributed by atoms with Crippen LogP contribution in [0.15, 0.2) is 28.7 Å². The molecule has 0 aliphatic rings. The average molecular weight is 258 g/mol. The van der Waals surface area contributed by atoms with Gasteiger partial charge in [-0.1, -0.05) is 0 Å². The third kappa shape index (κ3) is 1.77. The van der Waals surface area contributed by atoms with Gasteiger partial charge in [-0.15, -0.1) is 0 Å². The summed E-state index contributed by atoms with van der Waals surface area (Å²) in [6.07, 6.45) is 0. The van der Waals surface area contributed by atoms with E-state index in [0.29, 0.717) is 16.7 Å². The minimum Gasteiger partial charge on any atom is -0.504 e. The topological polar surface area (TPSA) is 131 Å². The van der Waals surface area contributed by atoms with E-state index < -0.39 is 0 Å². The van der Waals surface area contributed by atoms with E-state index in [1.807, 2.05) is 0 Å². The molecule has 2 heterocycles. The van der Waals surface area contributed by atoms with Crippen LogP contribution in [0.4, 0.5) is 11.6 Å². The predicted octanol–water partition coefficient (Wildman–Crippen LogP) is 1.47. The van der Waals surface area contributed by atoms with Crippen LogP contribution in [0.5, 0.6) is 11.5 Å². The summed E-state index contributed by atoms with van der Waals surface area (Å²) in [5, 5.41) is 18.7. The molecule has 19 heavy (non-hydrogen) atoms. The van der Waals surface area contributed by atoms with E-state index in [4.69, 9.17) is 15.9 Å². The quantitative estimate of drug-likeness (QED) is 0.486. The summed E-state index contributed by atoms with van der Waals surface area (Å²) in [4.78, 5) is 8.08. The molecule has 0 radical (unpaired) electrons. The van der Waals surface area contributed by atoms with Crippen LogP contribution in [0.2, 0.25) is 0 Å². The van der Waals surface area contributed by atoms with Crippen LogP contribution < -0.4 is 11.5 Å². The number of oxazole rings is 1. The Balaban J connectivity index is 2.20. The molecule has 96 valence electrons. The second-order valence-corrected chi connectivity index (χ2v) is 4.00. The van der Waals surface area contributed by atoms with Crippen LogP contribution in [0.3, 0.4) is 0 Å². The van der Waals surface area contributed by atoms with Crippen molar-refractivity contribution in [3.63, 3.8) is 0 Å². The number of benzene rings is 1. The summed E-state index contributed by atoms with van der Waals surface area (Å²) in [7, 11) is 0. The minimum atomic E-state index is -0.259. The molecule has 0 unspecified atom stereocenters. The monoisotopic (exact) mass is 258 g/mol. The van der Waals surface area contributed by atoms with Crippen LogP contribution in [-0.2, 0) is 0 Å². The Kier molecular flexibility index (Phi) is 2.21. The summed E-state index contributed by atoms with van der Waals surface area (Å²) < 4.78 is 5.51. The molecule has 7 nitrogen and oxygen atoms in total. The summed E-state index contributed by atoms with van der Waals surface area (Å²) in [6.45, 7) is 0. The normalized spacial score (nSPS) is 10.9. The zero-order valence-electron chi connectivity index (χ0n) is 9.66. The van der Waals surface area contributed by atoms with E-state index >= 15 is 0 Å². The van der Waals surface area contributed by atoms with Crippen LogP contribution in [0, 0.1) is 0 Å². The highest BCUT2D eigenvalue weighted by atomic mass is 16.3. The van der Waals surface area contributed by atoms with E-state index in [1.54, 1.807) is 6.07 Å². The van der Waals surface area contributed by atoms with Crippen molar-refractivity contribution in [1.82, 2.24) is 9.97 Å². The molecule has 0 spiro atoms. The summed E-state index contributed by atoms with van der Waals surface area (Å²) >= 11 is 0. The maximum absolute atomic E-state index is 9.46. The van der Waals surface area contributed by atoms with Crippen molar-refractivity contribution in [2.45, 2.75) is 0 Å². The smallest absolute Gasteiger partial charge is 0.227 e. The van der Waals surface area contributed by atoms with Crippen molar-refractivity contribution >= 4 is 22.7 Å². The fourth-order valence-electron chi connectivity index (χ4n) is 1.75. The SMILES string of the molecule is Nc1cc2oc(-c3ccc(O)c(O)c3)nc2c(N)n1. The van der Waals surface area contributed by atoms with Crippen molar-refractivity contribution in [2.24, 2.45) is 0 Å². The lowest BCUT2D eigenvalue weighted by Gasteiger charge is -1.98. The number of nitrogens with zero attached hydrogens (tertiary/aromatic N) is 2. The van der Waals surface area contributed by atoms with Crippen LogP contribution in [0.25, 0.3) is 22.6 Å². The maximum atomic E-state index is 9.46. The van der Waals surface area contributed by atoms with Gasteiger partial charge in [-0.25, -0.2) is 9.97 Å². The standard InChI is InChI=1S/C12H10N4O3/c13-9-4-8-10(11(14)15-9)16-12(19-8)5-1-2-6(17)7(18)3-5/h1-4,17-18H,(H4,13,14,15). The van der Waals surface area contributed by atoms with Gasteiger partial charge in [-0.05, 0) is 18.2 Å². The highest BCUT2D eigenvalue weighted by molar-refractivity contribution is 5.87. The van der Waals surface area contributed by atoms with E-state index in [1.165, 1.54) is 18.2 Å². The number of nitrogen functional groups attached to an aromatic ring is 2. The largest absolute Gasteiger partial charge is 0.504 e. The second-order valence-electron chi connectivity index (χ2n) is 4.00. The molecule has 3 aromatic rings. The highest BCUT2D eigenvalue weighted by Gasteiger charge is 2.13. The highest BCUT2D eigenvalue weighted by Crippen LogP contribution is 2.32. The van der Waals surface area contributed by atoms with Gasteiger partial charge >= 0.3 is 0 Å². The first-order chi connectivity index (χ1) is 9.04. The number of aromatic nitrogens is 2. The molecule has 0 amide bonds. The van der Waals surface area contributed by atoms with Gasteiger partial charge in [0.2, 0.25) is 5.89 Å². The van der Waals surface area contributed by atoms with Crippen LogP contribution in [-0.4, -0.2) is 20.2 Å². The zero-order chi connectivity index (χ0) is 13.6. The van der Waals surface area contributed by atoms with Gasteiger partial charge in [0.05, 0.1) is 0 Å². The van der Waals surface area contributed by atoms with Crippen molar-refractivity contribution in [2.75, 3.05) is 11.5 Å². The van der Waals surface area contributed by atoms with Crippen molar-refractivity contribution in [3.05, 3.63) is 24.3 Å². The fourth-order valence-corrected chi connectivity index (χ4v) is 1.75. The second kappa shape index (κ2) is 3.77. The molecular formula is C12H10N4O3. The molecule has 0 saturated carbocycles. The molecule has 1 aromatic carbocycles. The maximum Gasteiger partial charge on any atom is 0.227 e. The number of aromatic hydroxyl groups is 2. The molecular weight excluding hydrogens is 248 g/mol. The first-order valence-corrected chi connectivity index (χ1v) is 5.39. The average Bonchev–Trinajstić information content (AvgIpc) is 2.76. The van der Waals surface area contributed by atoms with E-state index in [0.717, 1.165) is 0 Å². The molecule has 0 saturated heterocycles. The Bertz CT molecular complexity index is 782. The number of rotatable bonds is 1. The predicted molar refractivity (Wildman–Crippen MR) is 69.4 cm³/mol. The number of anilines is 2. The van der Waals surface area contributed by atoms with Crippen molar-refractivity contribution in [1.29, 1.82) is 0 Å². The number of phenolic OH excluding ortho intramolecular Hbond substituents is 2. The lowest BCUT2D eigenvalue weighted by Crippen LogP contribution is -1.96. The van der Waals surface area contributed by atoms with Gasteiger partial charge in [0, 0.05) is 11.6 Å². The number of hydrogen-bond donors (Lipinski definition) is 4. The Labute approximate surface area is 107 Å². The molecule has 0 atom stereocenters. The molecule has 7 heteroatoms. The van der Waals surface area contributed by atoms with E-state index in [2.05, 4.69) is 9.97 Å². The number of nitrogens with two attached hydrogens (primary N) is 2. The molecule has 0 fully saturated rings. The number of hydrogen-bond acceptors (Lipinski definition) is 7. The minimum absolute atomic E-state index is 0.174. The van der Waals surface area contributed by atoms with E-state index in [-0.39, 0.29) is 29.0 Å². The molecule has 0 aliphatic heterocycles. The molecule has 2 aromatic heterocycles. The first kappa shape index (κ1) is 11.1. The number of fused-ring (bicyclic) bond motifs is 1. The third-order valence-electron chi connectivity index (χ3n) is 2.65. The molecule has 0 bridgehead atoms. The Hall–Kier alpha value is -2.96. The van der Waals surface area contributed by atoms with Crippen LogP contribution >= 0.6 is 0 Å². The Morgan fingerprint density at radius 2 is 1.79 bits per heavy atom. The van der Waals surface area contributed by atoms with Crippen molar-refractivity contribution < 1.29 is 14.6 Å². The van der Waals surface area contributed by atoms with Gasteiger partial charge in [-0.2, -0.15) is 0 Å². The zero-order valence-corrected chi connectivity index (χ0v) is 9.66. The van der Waals surface area contributed by atoms with Gasteiger partial charge in [0.1, 0.15) is 5.82 Å². The van der Waals surface area contributed by atoms with Gasteiger partial charge in [0.25, 0.3) is 0 Å². The fraction of sp³-hybridized carbons (Fsp3) is 0. The first-order valence-electron chi connectivity index (χ1n) is 5.39. The number of phenols is 2. The van der Waals surface area contributed by atoms with Gasteiger partial charge in [-0.3, -0.25) is 0 Å². The molecule has 6 N–H and O–H groups in total. The van der Waals surface area contributed by atoms with Crippen molar-refractivity contribution in [3.8, 4) is 23.0 Å². The van der Waals surface area contributed by atoms with Gasteiger partial charge in [0.15, 0.2) is 28.4 Å². The Morgan fingerprint density at radius 1 is 1.00 bits per heavy atom. The molecule has 3 rings (SSSR count). The van der Waals surface area contributed by atoms with Gasteiger partial charge < -0.3 is 26.1 Å². The lowest BCUT2D eigenvalue weighted by atomic mass is 10.2. The third-order valence-corrected chi connectivity index (χ3v) is 2.65. The summed E-state index contributed by atoms with van der Waals surface area (Å²) in [6, 6.07) is 5.76. The van der Waals surface area contributed by atoms with E-state index in [9.17, 15) is 10.2 Å². The van der Waals surface area contributed by atoms with Crippen LogP contribution in [0.1, 0.15) is 0 Å². The summed E-state index contributed by atoms with van der Waals surface area (Å²) in [5.74, 6) is 0.189. The Morgan fingerprint density at radius 3 is 2.53 bits per heavy atom. The number of pyridine rings is 1.